The molecule has 7 heteroatoms. The molecule has 0 spiro atoms. The Morgan fingerprint density at radius 1 is 1.44 bits per heavy atom. The summed E-state index contributed by atoms with van der Waals surface area (Å²) in [5.74, 6) is -0.748. The molecule has 0 aromatic heterocycles. The van der Waals surface area contributed by atoms with Gasteiger partial charge in [0.25, 0.3) is 0 Å². The van der Waals surface area contributed by atoms with Crippen LogP contribution in [0.3, 0.4) is 0 Å². The number of ketones is 1. The number of hydrogen-bond acceptors (Lipinski definition) is 2. The lowest BCUT2D eigenvalue weighted by Crippen LogP contribution is -2.18. The molecule has 0 radical (unpaired) electrons. The van der Waals surface area contributed by atoms with Crippen LogP contribution in [-0.2, 0) is 0 Å². The molecule has 1 aromatic carbocycles. The number of hydrogen-bond donors (Lipinski definition) is 0. The second-order valence-corrected chi connectivity index (χ2v) is 4.91. The summed E-state index contributed by atoms with van der Waals surface area (Å²) in [7, 11) is 0. The lowest BCUT2D eigenvalue weighted by Gasteiger charge is -2.12. The molecule has 0 aliphatic carbocycles. The summed E-state index contributed by atoms with van der Waals surface area (Å²) in [5, 5.41) is 0. The Hall–Kier alpha value is -0.310. The van der Waals surface area contributed by atoms with Gasteiger partial charge in [0.05, 0.1) is 4.47 Å². The van der Waals surface area contributed by atoms with Crippen LogP contribution in [0.25, 0.3) is 0 Å². The smallest absolute Gasteiger partial charge is 0.405 e. The van der Waals surface area contributed by atoms with Crippen molar-refractivity contribution in [1.82, 2.24) is 0 Å². The highest BCUT2D eigenvalue weighted by Crippen LogP contribution is 2.34. The molecule has 0 saturated heterocycles. The number of alkyl halides is 3. The SMILES string of the molecule is CC(=O)c1cc(I)cc(OC(F)(F)F)c1Br. The van der Waals surface area contributed by atoms with E-state index < -0.39 is 12.1 Å². The Morgan fingerprint density at radius 2 is 2.00 bits per heavy atom. The minimum Gasteiger partial charge on any atom is -0.405 e. The average Bonchev–Trinajstić information content (AvgIpc) is 2.07. The van der Waals surface area contributed by atoms with Crippen molar-refractivity contribution in [3.63, 3.8) is 0 Å². The van der Waals surface area contributed by atoms with Crippen LogP contribution in [0, 0.1) is 3.57 Å². The van der Waals surface area contributed by atoms with Crippen molar-refractivity contribution < 1.29 is 22.7 Å². The summed E-state index contributed by atoms with van der Waals surface area (Å²) >= 11 is 4.73. The lowest BCUT2D eigenvalue weighted by atomic mass is 10.1. The fraction of sp³-hybridized carbons (Fsp3) is 0.222. The molecule has 2 nitrogen and oxygen atoms in total. The van der Waals surface area contributed by atoms with Crippen molar-refractivity contribution in [2.75, 3.05) is 0 Å². The van der Waals surface area contributed by atoms with Crippen LogP contribution in [0.2, 0.25) is 0 Å². The van der Waals surface area contributed by atoms with Gasteiger partial charge in [-0.05, 0) is 57.6 Å². The predicted octanol–water partition coefficient (Wildman–Crippen LogP) is 4.15. The van der Waals surface area contributed by atoms with Gasteiger partial charge in [0.15, 0.2) is 5.78 Å². The number of Topliss-reactive ketones (excluding diaryl/α,β-unsaturated/α-hetero) is 1. The van der Waals surface area contributed by atoms with Crippen molar-refractivity contribution in [2.45, 2.75) is 13.3 Å². The van der Waals surface area contributed by atoms with E-state index in [9.17, 15) is 18.0 Å². The molecule has 0 fully saturated rings. The second-order valence-electron chi connectivity index (χ2n) is 2.87. The molecule has 0 unspecified atom stereocenters. The number of halogens is 5. The maximum absolute atomic E-state index is 12.1. The van der Waals surface area contributed by atoms with Crippen molar-refractivity contribution in [3.8, 4) is 5.75 Å². The average molecular weight is 409 g/mol. The van der Waals surface area contributed by atoms with Gasteiger partial charge in [-0.15, -0.1) is 13.2 Å². The fourth-order valence-electron chi connectivity index (χ4n) is 1.02. The number of rotatable bonds is 2. The molecule has 1 aromatic rings. The monoisotopic (exact) mass is 408 g/mol. The zero-order chi connectivity index (χ0) is 12.5. The van der Waals surface area contributed by atoms with Gasteiger partial charge >= 0.3 is 6.36 Å². The van der Waals surface area contributed by atoms with Gasteiger partial charge in [0.2, 0.25) is 0 Å². The first-order valence-corrected chi connectivity index (χ1v) is 5.83. The molecule has 0 heterocycles. The van der Waals surface area contributed by atoms with Gasteiger partial charge in [-0.2, -0.15) is 0 Å². The normalized spacial score (nSPS) is 11.4. The summed E-state index contributed by atoms with van der Waals surface area (Å²) in [5.41, 5.74) is 0.158. The van der Waals surface area contributed by atoms with E-state index in [1.807, 2.05) is 22.6 Å². The topological polar surface area (TPSA) is 26.3 Å². The van der Waals surface area contributed by atoms with E-state index in [1.165, 1.54) is 19.1 Å². The quantitative estimate of drug-likeness (QED) is 0.542. The van der Waals surface area contributed by atoms with Crippen molar-refractivity contribution in [3.05, 3.63) is 25.7 Å². The Morgan fingerprint density at radius 3 is 2.44 bits per heavy atom. The van der Waals surface area contributed by atoms with Crippen molar-refractivity contribution >= 4 is 44.3 Å². The van der Waals surface area contributed by atoms with Crippen molar-refractivity contribution in [2.24, 2.45) is 0 Å². The summed E-state index contributed by atoms with van der Waals surface area (Å²) in [6.07, 6.45) is -4.78. The van der Waals surface area contributed by atoms with Gasteiger partial charge in [-0.3, -0.25) is 4.79 Å². The lowest BCUT2D eigenvalue weighted by molar-refractivity contribution is -0.274. The van der Waals surface area contributed by atoms with E-state index in [0.29, 0.717) is 3.57 Å². The van der Waals surface area contributed by atoms with E-state index >= 15 is 0 Å². The Labute approximate surface area is 111 Å². The first kappa shape index (κ1) is 13.8. The third-order valence-corrected chi connectivity index (χ3v) is 3.05. The van der Waals surface area contributed by atoms with Crippen LogP contribution in [0.1, 0.15) is 17.3 Å². The third-order valence-electron chi connectivity index (χ3n) is 1.61. The van der Waals surface area contributed by atoms with Gasteiger partial charge in [-0.1, -0.05) is 0 Å². The minimum absolute atomic E-state index is 0.0118. The van der Waals surface area contributed by atoms with Gasteiger partial charge in [0, 0.05) is 9.13 Å². The Bertz CT molecular complexity index is 431. The summed E-state index contributed by atoms with van der Waals surface area (Å²) < 4.78 is 40.5. The highest BCUT2D eigenvalue weighted by Gasteiger charge is 2.32. The molecular weight excluding hydrogens is 404 g/mol. The van der Waals surface area contributed by atoms with E-state index in [1.54, 1.807) is 0 Å². The molecule has 0 amide bonds. The molecule has 0 N–H and O–H groups in total. The molecule has 1 rings (SSSR count). The Balaban J connectivity index is 3.25. The summed E-state index contributed by atoms with van der Waals surface area (Å²) in [6.45, 7) is 1.27. The third kappa shape index (κ3) is 3.62. The van der Waals surface area contributed by atoms with Crippen LogP contribution < -0.4 is 4.74 Å². The first-order valence-electron chi connectivity index (χ1n) is 3.96. The van der Waals surface area contributed by atoms with Crippen LogP contribution in [0.15, 0.2) is 16.6 Å². The molecular formula is C9H5BrF3IO2. The summed E-state index contributed by atoms with van der Waals surface area (Å²) in [4.78, 5) is 11.2. The maximum atomic E-state index is 12.1. The molecule has 0 saturated carbocycles. The predicted molar refractivity (Wildman–Crippen MR) is 63.5 cm³/mol. The van der Waals surface area contributed by atoms with E-state index in [-0.39, 0.29) is 15.8 Å². The zero-order valence-corrected chi connectivity index (χ0v) is 11.6. The molecule has 0 aliphatic heterocycles. The molecule has 88 valence electrons. The number of carbonyl (C=O) groups excluding carboxylic acids is 1. The van der Waals surface area contributed by atoms with Crippen LogP contribution in [0.5, 0.6) is 5.75 Å². The van der Waals surface area contributed by atoms with Crippen LogP contribution in [-0.4, -0.2) is 12.1 Å². The molecule has 0 aliphatic rings. The van der Waals surface area contributed by atoms with Crippen LogP contribution >= 0.6 is 38.5 Å². The zero-order valence-electron chi connectivity index (χ0n) is 7.86. The van der Waals surface area contributed by atoms with E-state index in [0.717, 1.165) is 0 Å². The number of benzene rings is 1. The Kier molecular flexibility index (Phi) is 4.22. The first-order chi connectivity index (χ1) is 7.20. The minimum atomic E-state index is -4.78. The summed E-state index contributed by atoms with van der Waals surface area (Å²) in [6, 6.07) is 2.68. The molecule has 0 bridgehead atoms. The fourth-order valence-corrected chi connectivity index (χ4v) is 2.20. The van der Waals surface area contributed by atoms with E-state index in [4.69, 9.17) is 0 Å². The largest absolute Gasteiger partial charge is 0.573 e. The molecule has 16 heavy (non-hydrogen) atoms. The van der Waals surface area contributed by atoms with Crippen molar-refractivity contribution in [1.29, 1.82) is 0 Å². The number of ether oxygens (including phenoxy) is 1. The van der Waals surface area contributed by atoms with Gasteiger partial charge < -0.3 is 4.74 Å². The van der Waals surface area contributed by atoms with Gasteiger partial charge in [0.1, 0.15) is 5.75 Å². The standard InChI is InChI=1S/C9H5BrF3IO2/c1-4(15)6-2-5(14)3-7(8(6)10)16-9(11,12)13/h2-3H,1H3. The molecule has 0 atom stereocenters. The maximum Gasteiger partial charge on any atom is 0.573 e. The van der Waals surface area contributed by atoms with Crippen LogP contribution in [0.4, 0.5) is 13.2 Å². The number of carbonyl (C=O) groups is 1. The van der Waals surface area contributed by atoms with Gasteiger partial charge in [-0.25, -0.2) is 0 Å². The highest BCUT2D eigenvalue weighted by molar-refractivity contribution is 14.1. The highest BCUT2D eigenvalue weighted by atomic mass is 127. The van der Waals surface area contributed by atoms with E-state index in [2.05, 4.69) is 20.7 Å². The second kappa shape index (κ2) is 4.91.